The molecule has 0 spiro atoms. The largest absolute Gasteiger partial charge is 1.00 e. The molecule has 0 heterocycles. The van der Waals surface area contributed by atoms with E-state index >= 15 is 0 Å². The Bertz CT molecular complexity index is 1220. The number of aryl methyl sites for hydroxylation is 6. The van der Waals surface area contributed by atoms with E-state index in [0.717, 1.165) is 44.9 Å². The van der Waals surface area contributed by atoms with Crippen LogP contribution >= 0.6 is 0 Å². The molecule has 0 unspecified atom stereocenters. The van der Waals surface area contributed by atoms with Gasteiger partial charge in [0.05, 0.1) is 0 Å². The van der Waals surface area contributed by atoms with E-state index in [0.29, 0.717) is 0 Å². The van der Waals surface area contributed by atoms with Crippen molar-refractivity contribution in [1.29, 1.82) is 0 Å². The summed E-state index contributed by atoms with van der Waals surface area (Å²) in [7, 11) is -2.58. The summed E-state index contributed by atoms with van der Waals surface area (Å²) in [5, 5.41) is 6.50. The summed E-state index contributed by atoms with van der Waals surface area (Å²) in [6.45, 7) is 16.3. The van der Waals surface area contributed by atoms with E-state index in [1.54, 1.807) is 30.2 Å². The van der Waals surface area contributed by atoms with E-state index in [9.17, 15) is 0 Å². The monoisotopic (exact) mass is 686 g/mol. The van der Waals surface area contributed by atoms with Gasteiger partial charge in [-0.05, 0) is 0 Å². The van der Waals surface area contributed by atoms with Crippen LogP contribution < -0.4 is 52.8 Å². The molecule has 1 aliphatic carbocycles. The van der Waals surface area contributed by atoms with Gasteiger partial charge in [0.15, 0.2) is 0 Å². The summed E-state index contributed by atoms with van der Waals surface area (Å²) in [4.78, 5) is 0. The Morgan fingerprint density at radius 2 is 0.814 bits per heavy atom. The molecule has 0 saturated heterocycles. The molecular formula is C38H49Cl3SiTi. The molecule has 230 valence electrons. The molecule has 0 fully saturated rings. The molecule has 0 aromatic heterocycles. The fourth-order valence-corrected chi connectivity index (χ4v) is 13.4. The van der Waals surface area contributed by atoms with Crippen molar-refractivity contribution >= 4 is 23.6 Å². The zero-order valence-corrected chi connectivity index (χ0v) is 32.1. The van der Waals surface area contributed by atoms with Crippen molar-refractivity contribution < 1.29 is 57.7 Å². The predicted molar refractivity (Wildman–Crippen MR) is 175 cm³/mol. The van der Waals surface area contributed by atoms with Crippen LogP contribution in [0, 0.1) is 0 Å². The van der Waals surface area contributed by atoms with Gasteiger partial charge in [0.2, 0.25) is 0 Å². The third-order valence-corrected chi connectivity index (χ3v) is 15.2. The fraction of sp³-hybridized carbons (Fsp3) is 0.421. The molecule has 0 saturated carbocycles. The number of halogens is 3. The van der Waals surface area contributed by atoms with Crippen LogP contribution in [0.2, 0.25) is 0 Å². The second-order valence-corrected chi connectivity index (χ2v) is 16.1. The van der Waals surface area contributed by atoms with Crippen LogP contribution in [-0.4, -0.2) is 8.07 Å². The minimum Gasteiger partial charge on any atom is -1.00 e. The van der Waals surface area contributed by atoms with Gasteiger partial charge in [0.25, 0.3) is 0 Å². The summed E-state index contributed by atoms with van der Waals surface area (Å²) in [6.07, 6.45) is 12.5. The molecule has 0 N–H and O–H groups in total. The third kappa shape index (κ3) is 8.21. The maximum atomic E-state index is 2.61. The molecule has 0 nitrogen and oxygen atoms in total. The van der Waals surface area contributed by atoms with Gasteiger partial charge in [-0.3, -0.25) is 0 Å². The van der Waals surface area contributed by atoms with Gasteiger partial charge in [-0.15, -0.1) is 0 Å². The molecule has 0 amide bonds. The standard InChI is InChI=1S/C38H49Si.3ClH.Ti/c1-8-15-34-16-17-35(27-34)39(36-21-28(9-2)18-29(10-3)22-36,37-23-30(11-4)19-31(12-5)24-37)38-25-32(13-6)20-33(14-7)26-38;;;;/h16,18-26H,8-15,17H2,1-7H3;3*1H;/q;;;;+3/p-3. The molecule has 0 bridgehead atoms. The summed E-state index contributed by atoms with van der Waals surface area (Å²) in [5.74, 6) is 0. The second kappa shape index (κ2) is 18.2. The number of hydrogen-bond acceptors (Lipinski definition) is 0. The molecule has 0 radical (unpaired) electrons. The summed E-state index contributed by atoms with van der Waals surface area (Å²) in [5.41, 5.74) is 10.5. The van der Waals surface area contributed by atoms with Gasteiger partial charge in [0, 0.05) is 0 Å². The first kappa shape index (κ1) is 40.0. The average molecular weight is 688 g/mol. The van der Waals surface area contributed by atoms with Crippen LogP contribution in [0.25, 0.3) is 0 Å². The van der Waals surface area contributed by atoms with E-state index in [1.807, 2.05) is 0 Å². The Morgan fingerprint density at radius 3 is 1.07 bits per heavy atom. The molecule has 0 atom stereocenters. The molecule has 43 heavy (non-hydrogen) atoms. The Balaban J connectivity index is 0.00000308. The van der Waals surface area contributed by atoms with E-state index in [2.05, 4.69) is 130 Å². The Labute approximate surface area is 294 Å². The predicted octanol–water partition coefficient (Wildman–Crippen LogP) is -0.986. The number of rotatable bonds is 12. The molecule has 1 aliphatic rings. The summed E-state index contributed by atoms with van der Waals surface area (Å²) >= 11 is 2.45. The molecule has 3 aromatic rings. The SMILES string of the molecule is CCCC1=CCC([Si](c2cc(CC)cc(CC)c2)(c2cc(CC)cc(CC)c2)c2cc(CC)cc(CC)c2)=[C]1[Ti+3].[Cl-].[Cl-].[Cl-]. The van der Waals surface area contributed by atoms with Crippen LogP contribution in [0.5, 0.6) is 0 Å². The smallest absolute Gasteiger partial charge is 1.00 e. The topological polar surface area (TPSA) is 0 Å². The zero-order chi connectivity index (χ0) is 28.9. The van der Waals surface area contributed by atoms with Gasteiger partial charge in [0.1, 0.15) is 0 Å². The summed E-state index contributed by atoms with van der Waals surface area (Å²) < 4.78 is 1.58. The van der Waals surface area contributed by atoms with Gasteiger partial charge in [-0.2, -0.15) is 0 Å². The first-order chi connectivity index (χ1) is 19.4. The molecule has 3 aromatic carbocycles. The Hall–Kier alpha value is -1.06. The van der Waals surface area contributed by atoms with Crippen molar-refractivity contribution in [3.05, 3.63) is 109 Å². The Morgan fingerprint density at radius 1 is 0.512 bits per heavy atom. The van der Waals surface area contributed by atoms with Crippen LogP contribution in [-0.2, 0) is 59.0 Å². The van der Waals surface area contributed by atoms with Crippen LogP contribution in [0.15, 0.2) is 75.3 Å². The van der Waals surface area contributed by atoms with Crippen molar-refractivity contribution in [2.45, 2.75) is 106 Å². The average Bonchev–Trinajstić information content (AvgIpc) is 3.36. The van der Waals surface area contributed by atoms with E-state index in [4.69, 9.17) is 0 Å². The van der Waals surface area contributed by atoms with Crippen molar-refractivity contribution in [1.82, 2.24) is 0 Å². The quantitative estimate of drug-likeness (QED) is 0.170. The first-order valence-corrected chi connectivity index (χ1v) is 18.7. The van der Waals surface area contributed by atoms with Gasteiger partial charge < -0.3 is 37.2 Å². The molecule has 4 rings (SSSR count). The minimum atomic E-state index is -2.58. The van der Waals surface area contributed by atoms with Gasteiger partial charge in [-0.1, -0.05) is 0 Å². The molecular weight excluding hydrogens is 639 g/mol. The fourth-order valence-electron chi connectivity index (χ4n) is 6.64. The van der Waals surface area contributed by atoms with Crippen molar-refractivity contribution in [2.75, 3.05) is 0 Å². The van der Waals surface area contributed by atoms with Crippen molar-refractivity contribution in [3.8, 4) is 0 Å². The number of hydrogen-bond donors (Lipinski definition) is 0. The molecule has 5 heteroatoms. The number of benzene rings is 3. The maximum absolute atomic E-state index is 2.61. The second-order valence-electron chi connectivity index (χ2n) is 11.5. The third-order valence-electron chi connectivity index (χ3n) is 9.05. The molecule has 0 aliphatic heterocycles. The van der Waals surface area contributed by atoms with Crippen molar-refractivity contribution in [3.63, 3.8) is 0 Å². The first-order valence-electron chi connectivity index (χ1n) is 15.9. The van der Waals surface area contributed by atoms with Gasteiger partial charge in [-0.25, -0.2) is 0 Å². The van der Waals surface area contributed by atoms with Crippen molar-refractivity contribution in [2.24, 2.45) is 0 Å². The zero-order valence-electron chi connectivity index (χ0n) is 27.3. The van der Waals surface area contributed by atoms with Gasteiger partial charge >= 0.3 is 259 Å². The normalized spacial score (nSPS) is 12.8. The van der Waals surface area contributed by atoms with E-state index in [-0.39, 0.29) is 37.2 Å². The van der Waals surface area contributed by atoms with E-state index in [1.165, 1.54) is 46.2 Å². The van der Waals surface area contributed by atoms with Crippen LogP contribution in [0.4, 0.5) is 0 Å². The Kier molecular flexibility index (Phi) is 16.9. The number of allylic oxidation sites excluding steroid dienone is 4. The van der Waals surface area contributed by atoms with Crippen LogP contribution in [0.3, 0.4) is 0 Å². The summed E-state index contributed by atoms with van der Waals surface area (Å²) in [6, 6.07) is 23.0. The van der Waals surface area contributed by atoms with E-state index < -0.39 is 8.07 Å². The minimum absolute atomic E-state index is 0. The maximum Gasteiger partial charge on any atom is -1.00 e. The van der Waals surface area contributed by atoms with Crippen LogP contribution in [0.1, 0.15) is 101 Å².